The van der Waals surface area contributed by atoms with Gasteiger partial charge in [0.2, 0.25) is 17.7 Å². The van der Waals surface area contributed by atoms with Crippen molar-refractivity contribution in [2.24, 2.45) is 5.92 Å². The van der Waals surface area contributed by atoms with Crippen LogP contribution in [-0.4, -0.2) is 38.1 Å². The SMILES string of the molecule is CC1CCN(c2nnc(SCc3nnc(-c4ccccc4Br)o3)n2C2CC2)CC1. The summed E-state index contributed by atoms with van der Waals surface area (Å²) in [6.07, 6.45) is 4.85. The molecule has 9 heteroatoms. The normalized spacial score (nSPS) is 17.8. The standard InChI is InChI=1S/C20H23BrN6OS/c1-13-8-10-26(11-9-13)19-24-25-20(27(19)14-6-7-14)29-12-17-22-23-18(28-17)15-4-2-3-5-16(15)21/h2-5,13-14H,6-12H2,1H3. The first-order chi connectivity index (χ1) is 14.2. The first-order valence-corrected chi connectivity index (χ1v) is 11.9. The van der Waals surface area contributed by atoms with Gasteiger partial charge in [-0.3, -0.25) is 4.57 Å². The van der Waals surface area contributed by atoms with Gasteiger partial charge in [-0.15, -0.1) is 20.4 Å². The predicted octanol–water partition coefficient (Wildman–Crippen LogP) is 4.95. The molecule has 1 saturated heterocycles. The Labute approximate surface area is 182 Å². The Morgan fingerprint density at radius 1 is 1.07 bits per heavy atom. The lowest BCUT2D eigenvalue weighted by Gasteiger charge is -2.31. The third kappa shape index (κ3) is 4.07. The van der Waals surface area contributed by atoms with Crippen LogP contribution in [0.5, 0.6) is 0 Å². The molecular weight excluding hydrogens is 452 g/mol. The Morgan fingerprint density at radius 3 is 2.62 bits per heavy atom. The van der Waals surface area contributed by atoms with Crippen molar-refractivity contribution in [3.05, 3.63) is 34.6 Å². The maximum absolute atomic E-state index is 5.88. The zero-order chi connectivity index (χ0) is 19.8. The molecule has 0 radical (unpaired) electrons. The van der Waals surface area contributed by atoms with Crippen molar-refractivity contribution in [2.45, 2.75) is 49.6 Å². The molecular formula is C20H23BrN6OS. The number of piperidine rings is 1. The highest BCUT2D eigenvalue weighted by atomic mass is 79.9. The second-order valence-corrected chi connectivity index (χ2v) is 9.62. The van der Waals surface area contributed by atoms with Gasteiger partial charge in [0.15, 0.2) is 5.16 Å². The molecule has 0 amide bonds. The van der Waals surface area contributed by atoms with Gasteiger partial charge in [0.1, 0.15) is 0 Å². The number of nitrogens with zero attached hydrogens (tertiary/aromatic N) is 6. The quantitative estimate of drug-likeness (QED) is 0.467. The van der Waals surface area contributed by atoms with E-state index >= 15 is 0 Å². The first-order valence-electron chi connectivity index (χ1n) is 10.1. The van der Waals surface area contributed by atoms with Crippen molar-refractivity contribution in [1.82, 2.24) is 25.0 Å². The summed E-state index contributed by atoms with van der Waals surface area (Å²) in [7, 11) is 0. The third-order valence-electron chi connectivity index (χ3n) is 5.52. The second-order valence-electron chi connectivity index (χ2n) is 7.82. The van der Waals surface area contributed by atoms with Gasteiger partial charge in [0.25, 0.3) is 0 Å². The number of hydrogen-bond acceptors (Lipinski definition) is 7. The second kappa shape index (κ2) is 8.10. The summed E-state index contributed by atoms with van der Waals surface area (Å²) >= 11 is 5.16. The fourth-order valence-electron chi connectivity index (χ4n) is 3.63. The molecule has 2 fully saturated rings. The van der Waals surface area contributed by atoms with Crippen LogP contribution in [0.2, 0.25) is 0 Å². The fourth-order valence-corrected chi connectivity index (χ4v) is 4.92. The van der Waals surface area contributed by atoms with Crippen LogP contribution in [0.3, 0.4) is 0 Å². The van der Waals surface area contributed by atoms with Crippen molar-refractivity contribution >= 4 is 33.6 Å². The zero-order valence-corrected chi connectivity index (χ0v) is 18.7. The predicted molar refractivity (Wildman–Crippen MR) is 116 cm³/mol. The van der Waals surface area contributed by atoms with E-state index in [1.165, 1.54) is 25.7 Å². The molecule has 2 aliphatic rings. The summed E-state index contributed by atoms with van der Waals surface area (Å²) in [5.74, 6) is 3.54. The zero-order valence-electron chi connectivity index (χ0n) is 16.3. The lowest BCUT2D eigenvalue weighted by molar-refractivity contribution is 0.429. The van der Waals surface area contributed by atoms with E-state index < -0.39 is 0 Å². The molecule has 2 aromatic heterocycles. The van der Waals surface area contributed by atoms with Gasteiger partial charge >= 0.3 is 0 Å². The van der Waals surface area contributed by atoms with Crippen LogP contribution in [0.4, 0.5) is 5.95 Å². The van der Waals surface area contributed by atoms with Gasteiger partial charge in [-0.25, -0.2) is 0 Å². The molecule has 0 atom stereocenters. The minimum Gasteiger partial charge on any atom is -0.420 e. The summed E-state index contributed by atoms with van der Waals surface area (Å²) in [6.45, 7) is 4.46. The summed E-state index contributed by atoms with van der Waals surface area (Å²) in [5.41, 5.74) is 0.902. The maximum Gasteiger partial charge on any atom is 0.248 e. The van der Waals surface area contributed by atoms with Crippen molar-refractivity contribution < 1.29 is 4.42 Å². The number of anilines is 1. The van der Waals surface area contributed by atoms with Gasteiger partial charge in [-0.2, -0.15) is 0 Å². The van der Waals surface area contributed by atoms with E-state index in [9.17, 15) is 0 Å². The molecule has 152 valence electrons. The summed E-state index contributed by atoms with van der Waals surface area (Å²) in [6, 6.07) is 8.38. The highest BCUT2D eigenvalue weighted by molar-refractivity contribution is 9.10. The van der Waals surface area contributed by atoms with Crippen LogP contribution >= 0.6 is 27.7 Å². The largest absolute Gasteiger partial charge is 0.420 e. The molecule has 29 heavy (non-hydrogen) atoms. The van der Waals surface area contributed by atoms with Gasteiger partial charge in [0.05, 0.1) is 11.3 Å². The average Bonchev–Trinajstić information content (AvgIpc) is 3.31. The van der Waals surface area contributed by atoms with E-state index in [1.54, 1.807) is 11.8 Å². The summed E-state index contributed by atoms with van der Waals surface area (Å²) in [5, 5.41) is 18.4. The van der Waals surface area contributed by atoms with Crippen molar-refractivity contribution in [3.63, 3.8) is 0 Å². The first kappa shape index (κ1) is 19.1. The lowest BCUT2D eigenvalue weighted by Crippen LogP contribution is -2.34. The third-order valence-corrected chi connectivity index (χ3v) is 7.14. The van der Waals surface area contributed by atoms with Gasteiger partial charge in [-0.1, -0.05) is 30.8 Å². The number of benzene rings is 1. The molecule has 1 saturated carbocycles. The molecule has 7 nitrogen and oxygen atoms in total. The molecule has 3 heterocycles. The van der Waals surface area contributed by atoms with Crippen LogP contribution in [0.25, 0.3) is 11.5 Å². The van der Waals surface area contributed by atoms with Crippen LogP contribution in [0.1, 0.15) is 44.5 Å². The van der Waals surface area contributed by atoms with E-state index in [-0.39, 0.29) is 0 Å². The van der Waals surface area contributed by atoms with Crippen LogP contribution in [-0.2, 0) is 5.75 Å². The van der Waals surface area contributed by atoms with E-state index in [0.29, 0.717) is 23.6 Å². The molecule has 0 unspecified atom stereocenters. The Balaban J connectivity index is 1.31. The van der Waals surface area contributed by atoms with E-state index in [4.69, 9.17) is 4.42 Å². The van der Waals surface area contributed by atoms with Gasteiger partial charge in [0, 0.05) is 23.6 Å². The molecule has 0 N–H and O–H groups in total. The molecule has 0 bridgehead atoms. The number of hydrogen-bond donors (Lipinski definition) is 0. The minimum atomic E-state index is 0.528. The fraction of sp³-hybridized carbons (Fsp3) is 0.500. The molecule has 5 rings (SSSR count). The van der Waals surface area contributed by atoms with Crippen LogP contribution in [0.15, 0.2) is 38.3 Å². The molecule has 3 aromatic rings. The Hall–Kier alpha value is -1.87. The summed E-state index contributed by atoms with van der Waals surface area (Å²) < 4.78 is 9.15. The molecule has 0 spiro atoms. The smallest absolute Gasteiger partial charge is 0.248 e. The lowest BCUT2D eigenvalue weighted by atomic mass is 10.00. The van der Waals surface area contributed by atoms with Crippen molar-refractivity contribution in [2.75, 3.05) is 18.0 Å². The van der Waals surface area contributed by atoms with Crippen molar-refractivity contribution in [1.29, 1.82) is 0 Å². The minimum absolute atomic E-state index is 0.528. The van der Waals surface area contributed by atoms with Gasteiger partial charge < -0.3 is 9.32 Å². The molecule has 1 aliphatic heterocycles. The topological polar surface area (TPSA) is 72.9 Å². The van der Waals surface area contributed by atoms with Crippen molar-refractivity contribution in [3.8, 4) is 11.5 Å². The molecule has 1 aromatic carbocycles. The number of halogens is 1. The van der Waals surface area contributed by atoms with Crippen LogP contribution in [0, 0.1) is 5.92 Å². The Kier molecular flexibility index (Phi) is 5.34. The number of rotatable bonds is 6. The monoisotopic (exact) mass is 474 g/mol. The van der Waals surface area contributed by atoms with Crippen LogP contribution < -0.4 is 4.90 Å². The van der Waals surface area contributed by atoms with Gasteiger partial charge in [-0.05, 0) is 59.7 Å². The number of thioether (sulfide) groups is 1. The molecule has 1 aliphatic carbocycles. The highest BCUT2D eigenvalue weighted by Gasteiger charge is 2.32. The van der Waals surface area contributed by atoms with E-state index in [2.05, 4.69) is 52.7 Å². The van der Waals surface area contributed by atoms with E-state index in [1.807, 2.05) is 24.3 Å². The number of aromatic nitrogens is 5. The van der Waals surface area contributed by atoms with E-state index in [0.717, 1.165) is 40.1 Å². The maximum atomic E-state index is 5.88. The summed E-state index contributed by atoms with van der Waals surface area (Å²) in [4.78, 5) is 2.40. The highest BCUT2D eigenvalue weighted by Crippen LogP contribution is 2.42. The Bertz CT molecular complexity index is 993. The average molecular weight is 475 g/mol. The Morgan fingerprint density at radius 2 is 1.86 bits per heavy atom.